The van der Waals surface area contributed by atoms with Crippen molar-refractivity contribution in [1.29, 1.82) is 0 Å². The first-order valence-electron chi connectivity index (χ1n) is 10.1. The van der Waals surface area contributed by atoms with Crippen LogP contribution >= 0.6 is 0 Å². The Bertz CT molecular complexity index is 1200. The molecule has 0 saturated heterocycles. The lowest BCUT2D eigenvalue weighted by atomic mass is 10.1. The molecule has 0 atom stereocenters. The van der Waals surface area contributed by atoms with E-state index in [0.29, 0.717) is 17.9 Å². The van der Waals surface area contributed by atoms with Crippen LogP contribution in [0.5, 0.6) is 11.5 Å². The van der Waals surface area contributed by atoms with Crippen LogP contribution in [0.25, 0.3) is 11.0 Å². The molecule has 0 fully saturated rings. The second-order valence-corrected chi connectivity index (χ2v) is 7.26. The van der Waals surface area contributed by atoms with Crippen LogP contribution in [0.15, 0.2) is 72.8 Å². The van der Waals surface area contributed by atoms with Gasteiger partial charge in [0, 0.05) is 19.2 Å². The number of hydrogen-bond donors (Lipinski definition) is 0. The zero-order chi connectivity index (χ0) is 21.8. The van der Waals surface area contributed by atoms with E-state index in [2.05, 4.69) is 0 Å². The maximum Gasteiger partial charge on any atom is 0.246 e. The zero-order valence-corrected chi connectivity index (χ0v) is 17.9. The van der Waals surface area contributed by atoms with E-state index in [-0.39, 0.29) is 12.5 Å². The fraction of sp³-hybridized carbons (Fsp3) is 0.200. The molecule has 6 heteroatoms. The predicted octanol–water partition coefficient (Wildman–Crippen LogP) is 4.31. The molecule has 0 aliphatic heterocycles. The highest BCUT2D eigenvalue weighted by atomic mass is 16.5. The van der Waals surface area contributed by atoms with E-state index in [4.69, 9.17) is 14.5 Å². The number of likely N-dealkylation sites (N-methyl/N-ethyl adjacent to an activating group) is 1. The Morgan fingerprint density at radius 3 is 2.39 bits per heavy atom. The smallest absolute Gasteiger partial charge is 0.246 e. The fourth-order valence-electron chi connectivity index (χ4n) is 3.65. The van der Waals surface area contributed by atoms with Gasteiger partial charge in [-0.3, -0.25) is 4.79 Å². The molecule has 0 unspecified atom stereocenters. The number of aromatic nitrogens is 2. The van der Waals surface area contributed by atoms with Gasteiger partial charge in [-0.15, -0.1) is 0 Å². The number of carbonyl (C=O) groups is 1. The maximum atomic E-state index is 13.1. The molecule has 1 heterocycles. The van der Waals surface area contributed by atoms with E-state index in [1.54, 1.807) is 26.2 Å². The highest BCUT2D eigenvalue weighted by Crippen LogP contribution is 2.29. The summed E-state index contributed by atoms with van der Waals surface area (Å²) in [6.07, 6.45) is 0.567. The topological polar surface area (TPSA) is 56.6 Å². The molecule has 0 aliphatic rings. The molecule has 4 rings (SSSR count). The lowest BCUT2D eigenvalue weighted by molar-refractivity contribution is -0.118. The number of anilines is 1. The SMILES string of the molecule is COc1ccc(Cc2nc3ccccc3n2CC(=O)N(C)c2ccccc2)cc1OC. The van der Waals surface area contributed by atoms with E-state index >= 15 is 0 Å². The van der Waals surface area contributed by atoms with Crippen LogP contribution in [-0.2, 0) is 17.8 Å². The van der Waals surface area contributed by atoms with Crippen molar-refractivity contribution in [2.75, 3.05) is 26.2 Å². The third-order valence-electron chi connectivity index (χ3n) is 5.35. The molecule has 0 spiro atoms. The van der Waals surface area contributed by atoms with Crippen molar-refractivity contribution < 1.29 is 14.3 Å². The summed E-state index contributed by atoms with van der Waals surface area (Å²) in [4.78, 5) is 19.6. The van der Waals surface area contributed by atoms with Crippen LogP contribution < -0.4 is 14.4 Å². The van der Waals surface area contributed by atoms with Gasteiger partial charge < -0.3 is 18.9 Å². The normalized spacial score (nSPS) is 10.8. The van der Waals surface area contributed by atoms with Crippen LogP contribution in [0.4, 0.5) is 5.69 Å². The number of amides is 1. The quantitative estimate of drug-likeness (QED) is 0.451. The largest absolute Gasteiger partial charge is 0.493 e. The highest BCUT2D eigenvalue weighted by molar-refractivity contribution is 5.93. The number of nitrogens with zero attached hydrogens (tertiary/aromatic N) is 3. The third kappa shape index (κ3) is 4.23. The molecular formula is C25H25N3O3. The molecule has 4 aromatic rings. The Kier molecular flexibility index (Phi) is 5.89. The number of benzene rings is 3. The number of fused-ring (bicyclic) bond motifs is 1. The first-order valence-corrected chi connectivity index (χ1v) is 10.1. The van der Waals surface area contributed by atoms with Crippen molar-refractivity contribution in [2.24, 2.45) is 0 Å². The Hall–Kier alpha value is -3.80. The summed E-state index contributed by atoms with van der Waals surface area (Å²) in [5.41, 5.74) is 3.69. The summed E-state index contributed by atoms with van der Waals surface area (Å²) in [6, 6.07) is 23.3. The molecule has 3 aromatic carbocycles. The van der Waals surface area contributed by atoms with Crippen molar-refractivity contribution in [3.05, 3.63) is 84.2 Å². The Morgan fingerprint density at radius 2 is 1.65 bits per heavy atom. The standard InChI is InChI=1S/C25H25N3O3/c1-27(19-9-5-4-6-10-19)25(29)17-28-21-12-8-7-11-20(21)26-24(28)16-18-13-14-22(30-2)23(15-18)31-3/h4-15H,16-17H2,1-3H3. The summed E-state index contributed by atoms with van der Waals surface area (Å²) in [6.45, 7) is 0.203. The van der Waals surface area contributed by atoms with Crippen LogP contribution in [0.3, 0.4) is 0 Å². The lowest BCUT2D eigenvalue weighted by Gasteiger charge is -2.19. The average Bonchev–Trinajstić information content (AvgIpc) is 3.15. The van der Waals surface area contributed by atoms with Gasteiger partial charge in [-0.2, -0.15) is 0 Å². The van der Waals surface area contributed by atoms with Gasteiger partial charge in [-0.25, -0.2) is 4.98 Å². The predicted molar refractivity (Wildman–Crippen MR) is 122 cm³/mol. The van der Waals surface area contributed by atoms with E-state index in [0.717, 1.165) is 28.1 Å². The molecule has 0 bridgehead atoms. The van der Waals surface area contributed by atoms with Gasteiger partial charge in [0.2, 0.25) is 5.91 Å². The average molecular weight is 415 g/mol. The third-order valence-corrected chi connectivity index (χ3v) is 5.35. The molecule has 158 valence electrons. The molecule has 0 radical (unpaired) electrons. The molecule has 0 saturated carbocycles. The van der Waals surface area contributed by atoms with Gasteiger partial charge in [-0.05, 0) is 42.0 Å². The first-order chi connectivity index (χ1) is 15.1. The molecule has 1 amide bonds. The number of ether oxygens (including phenoxy) is 2. The van der Waals surface area contributed by atoms with Crippen molar-refractivity contribution in [2.45, 2.75) is 13.0 Å². The number of carbonyl (C=O) groups excluding carboxylic acids is 1. The molecule has 1 aromatic heterocycles. The van der Waals surface area contributed by atoms with E-state index in [9.17, 15) is 4.79 Å². The summed E-state index contributed by atoms with van der Waals surface area (Å²) in [7, 11) is 5.03. The van der Waals surface area contributed by atoms with E-state index in [1.165, 1.54) is 0 Å². The second kappa shape index (κ2) is 8.92. The zero-order valence-electron chi connectivity index (χ0n) is 17.9. The Balaban J connectivity index is 1.67. The van der Waals surface area contributed by atoms with Crippen LogP contribution in [-0.4, -0.2) is 36.7 Å². The minimum Gasteiger partial charge on any atom is -0.493 e. The fourth-order valence-corrected chi connectivity index (χ4v) is 3.65. The van der Waals surface area contributed by atoms with Gasteiger partial charge >= 0.3 is 0 Å². The summed E-state index contributed by atoms with van der Waals surface area (Å²) in [5.74, 6) is 2.16. The molecule has 0 aliphatic carbocycles. The highest BCUT2D eigenvalue weighted by Gasteiger charge is 2.18. The van der Waals surface area contributed by atoms with Gasteiger partial charge in [0.1, 0.15) is 12.4 Å². The monoisotopic (exact) mass is 415 g/mol. The summed E-state index contributed by atoms with van der Waals surface area (Å²) >= 11 is 0. The first kappa shape index (κ1) is 20.5. The van der Waals surface area contributed by atoms with Crippen LogP contribution in [0.1, 0.15) is 11.4 Å². The van der Waals surface area contributed by atoms with Crippen molar-refractivity contribution in [1.82, 2.24) is 9.55 Å². The van der Waals surface area contributed by atoms with Gasteiger partial charge in [0.25, 0.3) is 0 Å². The minimum atomic E-state index is -0.0112. The summed E-state index contributed by atoms with van der Waals surface area (Å²) in [5, 5.41) is 0. The molecule has 0 N–H and O–H groups in total. The minimum absolute atomic E-state index is 0.0112. The number of para-hydroxylation sites is 3. The molecular weight excluding hydrogens is 390 g/mol. The van der Waals surface area contributed by atoms with E-state index < -0.39 is 0 Å². The summed E-state index contributed by atoms with van der Waals surface area (Å²) < 4.78 is 12.8. The van der Waals surface area contributed by atoms with Crippen molar-refractivity contribution >= 4 is 22.6 Å². The van der Waals surface area contributed by atoms with E-state index in [1.807, 2.05) is 77.4 Å². The number of hydrogen-bond acceptors (Lipinski definition) is 4. The van der Waals surface area contributed by atoms with Gasteiger partial charge in [0.15, 0.2) is 11.5 Å². The Labute approximate surface area is 181 Å². The van der Waals surface area contributed by atoms with Crippen molar-refractivity contribution in [3.8, 4) is 11.5 Å². The number of rotatable bonds is 7. The molecule has 6 nitrogen and oxygen atoms in total. The maximum absolute atomic E-state index is 13.1. The van der Waals surface area contributed by atoms with Crippen LogP contribution in [0.2, 0.25) is 0 Å². The van der Waals surface area contributed by atoms with Crippen molar-refractivity contribution in [3.63, 3.8) is 0 Å². The van der Waals surface area contributed by atoms with Gasteiger partial charge in [-0.1, -0.05) is 36.4 Å². The molecule has 31 heavy (non-hydrogen) atoms. The van der Waals surface area contributed by atoms with Gasteiger partial charge in [0.05, 0.1) is 25.3 Å². The Morgan fingerprint density at radius 1 is 0.935 bits per heavy atom. The number of methoxy groups -OCH3 is 2. The second-order valence-electron chi connectivity index (χ2n) is 7.26. The number of imidazole rings is 1. The van der Waals surface area contributed by atoms with Crippen LogP contribution in [0, 0.1) is 0 Å². The lowest BCUT2D eigenvalue weighted by Crippen LogP contribution is -2.30.